The SMILES string of the molecule is CC(=O)NN(C)C(=O)[C@@H](N)CS. The summed E-state index contributed by atoms with van der Waals surface area (Å²) in [5.41, 5.74) is 7.66. The number of hydrazine groups is 1. The van der Waals surface area contributed by atoms with Gasteiger partial charge in [-0.2, -0.15) is 12.6 Å². The molecule has 0 saturated heterocycles. The number of amides is 2. The Bertz CT molecular complexity index is 186. The Labute approximate surface area is 76.7 Å². The highest BCUT2D eigenvalue weighted by molar-refractivity contribution is 7.80. The van der Waals surface area contributed by atoms with E-state index < -0.39 is 6.04 Å². The summed E-state index contributed by atoms with van der Waals surface area (Å²) in [5.74, 6) is -0.416. The molecule has 0 aliphatic rings. The molecule has 0 fully saturated rings. The number of likely N-dealkylation sites (N-methyl/N-ethyl adjacent to an activating group) is 1. The van der Waals surface area contributed by atoms with Crippen LogP contribution in [0.1, 0.15) is 6.92 Å². The Morgan fingerprint density at radius 3 is 2.50 bits per heavy atom. The van der Waals surface area contributed by atoms with E-state index in [-0.39, 0.29) is 17.6 Å². The van der Waals surface area contributed by atoms with Crippen LogP contribution in [0.5, 0.6) is 0 Å². The lowest BCUT2D eigenvalue weighted by Gasteiger charge is -2.19. The van der Waals surface area contributed by atoms with Crippen LogP contribution >= 0.6 is 12.6 Å². The molecule has 2 amide bonds. The minimum atomic E-state index is -0.676. The van der Waals surface area contributed by atoms with Crippen molar-refractivity contribution < 1.29 is 9.59 Å². The fourth-order valence-electron chi connectivity index (χ4n) is 0.618. The maximum atomic E-state index is 11.1. The number of nitrogens with zero attached hydrogens (tertiary/aromatic N) is 1. The molecule has 3 N–H and O–H groups in total. The van der Waals surface area contributed by atoms with Crippen molar-refractivity contribution in [3.63, 3.8) is 0 Å². The van der Waals surface area contributed by atoms with Crippen molar-refractivity contribution in [1.82, 2.24) is 10.4 Å². The van der Waals surface area contributed by atoms with Gasteiger partial charge in [0.1, 0.15) is 0 Å². The molecule has 0 spiro atoms. The third-order valence-electron chi connectivity index (χ3n) is 1.17. The van der Waals surface area contributed by atoms with Gasteiger partial charge in [-0.1, -0.05) is 0 Å². The van der Waals surface area contributed by atoms with E-state index in [2.05, 4.69) is 18.1 Å². The van der Waals surface area contributed by atoms with Crippen LogP contribution in [0.3, 0.4) is 0 Å². The molecule has 6 heteroatoms. The Hall–Kier alpha value is -0.750. The Balaban J connectivity index is 4.01. The second-order valence-corrected chi connectivity index (χ2v) is 2.72. The topological polar surface area (TPSA) is 75.4 Å². The molecule has 0 unspecified atom stereocenters. The van der Waals surface area contributed by atoms with E-state index in [0.29, 0.717) is 0 Å². The average molecular weight is 191 g/mol. The molecule has 0 aromatic heterocycles. The first-order valence-electron chi connectivity index (χ1n) is 3.40. The van der Waals surface area contributed by atoms with Crippen LogP contribution in [0.15, 0.2) is 0 Å². The van der Waals surface area contributed by atoms with E-state index in [4.69, 9.17) is 5.73 Å². The minimum absolute atomic E-state index is 0.253. The van der Waals surface area contributed by atoms with Gasteiger partial charge in [0.15, 0.2) is 0 Å². The molecule has 0 aliphatic heterocycles. The molecule has 0 radical (unpaired) electrons. The molecule has 0 rings (SSSR count). The lowest BCUT2D eigenvalue weighted by Crippen LogP contribution is -2.50. The van der Waals surface area contributed by atoms with Crippen LogP contribution in [0.4, 0.5) is 0 Å². The van der Waals surface area contributed by atoms with Gasteiger partial charge in [-0.3, -0.25) is 20.0 Å². The predicted octanol–water partition coefficient (Wildman–Crippen LogP) is -1.25. The van der Waals surface area contributed by atoms with E-state index in [1.165, 1.54) is 14.0 Å². The molecule has 70 valence electrons. The highest BCUT2D eigenvalue weighted by atomic mass is 32.1. The molecule has 0 aromatic rings. The van der Waals surface area contributed by atoms with Gasteiger partial charge in [0.2, 0.25) is 5.91 Å². The van der Waals surface area contributed by atoms with Gasteiger partial charge in [0.05, 0.1) is 6.04 Å². The van der Waals surface area contributed by atoms with Crippen molar-refractivity contribution in [3.05, 3.63) is 0 Å². The molecular weight excluding hydrogens is 178 g/mol. The fourth-order valence-corrected chi connectivity index (χ4v) is 0.774. The lowest BCUT2D eigenvalue weighted by molar-refractivity contribution is -0.139. The second kappa shape index (κ2) is 5.00. The van der Waals surface area contributed by atoms with Gasteiger partial charge in [0.25, 0.3) is 5.91 Å². The standard InChI is InChI=1S/C6H13N3O2S/c1-4(10)8-9(2)6(11)5(7)3-12/h5,12H,3,7H2,1-2H3,(H,8,10)/t5-/m0/s1. The summed E-state index contributed by atoms with van der Waals surface area (Å²) < 4.78 is 0. The molecule has 0 aromatic carbocycles. The van der Waals surface area contributed by atoms with Crippen LogP contribution < -0.4 is 11.2 Å². The van der Waals surface area contributed by atoms with Crippen LogP contribution in [-0.2, 0) is 9.59 Å². The van der Waals surface area contributed by atoms with Crippen molar-refractivity contribution in [3.8, 4) is 0 Å². The van der Waals surface area contributed by atoms with Gasteiger partial charge in [0, 0.05) is 19.7 Å². The Morgan fingerprint density at radius 1 is 1.67 bits per heavy atom. The maximum Gasteiger partial charge on any atom is 0.258 e. The number of nitrogens with one attached hydrogen (secondary N) is 1. The molecule has 1 atom stereocenters. The number of thiol groups is 1. The first-order chi connectivity index (χ1) is 5.49. The first kappa shape index (κ1) is 11.2. The highest BCUT2D eigenvalue weighted by Gasteiger charge is 2.16. The maximum absolute atomic E-state index is 11.1. The van der Waals surface area contributed by atoms with Crippen molar-refractivity contribution in [1.29, 1.82) is 0 Å². The normalized spacial score (nSPS) is 12.0. The largest absolute Gasteiger partial charge is 0.319 e. The molecule has 0 saturated carbocycles. The van der Waals surface area contributed by atoms with Gasteiger partial charge in [-0.05, 0) is 0 Å². The zero-order chi connectivity index (χ0) is 9.72. The lowest BCUT2D eigenvalue weighted by atomic mass is 10.3. The van der Waals surface area contributed by atoms with Crippen molar-refractivity contribution in [2.75, 3.05) is 12.8 Å². The number of carbonyl (C=O) groups is 2. The summed E-state index contributed by atoms with van der Waals surface area (Å²) in [6.07, 6.45) is 0. The number of hydrogen-bond acceptors (Lipinski definition) is 4. The van der Waals surface area contributed by atoms with Crippen molar-refractivity contribution >= 4 is 24.4 Å². The Morgan fingerprint density at radius 2 is 2.17 bits per heavy atom. The van der Waals surface area contributed by atoms with E-state index in [1.807, 2.05) is 0 Å². The molecular formula is C6H13N3O2S. The fraction of sp³-hybridized carbons (Fsp3) is 0.667. The van der Waals surface area contributed by atoms with Gasteiger partial charge >= 0.3 is 0 Å². The zero-order valence-electron chi connectivity index (χ0n) is 7.07. The number of carbonyl (C=O) groups excluding carboxylic acids is 2. The first-order valence-corrected chi connectivity index (χ1v) is 4.03. The minimum Gasteiger partial charge on any atom is -0.319 e. The molecule has 0 aliphatic carbocycles. The van der Waals surface area contributed by atoms with Crippen LogP contribution in [0.25, 0.3) is 0 Å². The van der Waals surface area contributed by atoms with Crippen LogP contribution in [-0.4, -0.2) is 35.7 Å². The smallest absolute Gasteiger partial charge is 0.258 e. The summed E-state index contributed by atoms with van der Waals surface area (Å²) in [7, 11) is 1.44. The number of nitrogens with two attached hydrogens (primary N) is 1. The molecule has 0 heterocycles. The predicted molar refractivity (Wildman–Crippen MR) is 48.4 cm³/mol. The molecule has 0 bridgehead atoms. The second-order valence-electron chi connectivity index (χ2n) is 2.35. The third kappa shape index (κ3) is 3.59. The summed E-state index contributed by atoms with van der Waals surface area (Å²) >= 11 is 3.85. The van der Waals surface area contributed by atoms with Crippen molar-refractivity contribution in [2.45, 2.75) is 13.0 Å². The number of rotatable bonds is 2. The average Bonchev–Trinajstić information content (AvgIpc) is 2.00. The van der Waals surface area contributed by atoms with E-state index >= 15 is 0 Å². The Kier molecular flexibility index (Phi) is 4.68. The quantitative estimate of drug-likeness (QED) is 0.377. The van der Waals surface area contributed by atoms with E-state index in [0.717, 1.165) is 5.01 Å². The zero-order valence-corrected chi connectivity index (χ0v) is 7.97. The highest BCUT2D eigenvalue weighted by Crippen LogP contribution is 1.88. The molecule has 5 nitrogen and oxygen atoms in total. The van der Waals surface area contributed by atoms with Gasteiger partial charge in [-0.15, -0.1) is 0 Å². The monoisotopic (exact) mass is 191 g/mol. The van der Waals surface area contributed by atoms with E-state index in [1.54, 1.807) is 0 Å². The van der Waals surface area contributed by atoms with Gasteiger partial charge in [-0.25, -0.2) is 0 Å². The van der Waals surface area contributed by atoms with Crippen LogP contribution in [0.2, 0.25) is 0 Å². The third-order valence-corrected chi connectivity index (χ3v) is 1.56. The summed E-state index contributed by atoms with van der Waals surface area (Å²) in [5, 5.41) is 1.06. The van der Waals surface area contributed by atoms with E-state index in [9.17, 15) is 9.59 Å². The summed E-state index contributed by atoms with van der Waals surface area (Å²) in [4.78, 5) is 21.7. The molecule has 12 heavy (non-hydrogen) atoms. The summed E-state index contributed by atoms with van der Waals surface area (Å²) in [6, 6.07) is -0.676. The number of hydrogen-bond donors (Lipinski definition) is 3. The van der Waals surface area contributed by atoms with Crippen LogP contribution in [0, 0.1) is 0 Å². The van der Waals surface area contributed by atoms with Crippen molar-refractivity contribution in [2.24, 2.45) is 5.73 Å². The summed E-state index contributed by atoms with van der Waals surface area (Å²) in [6.45, 7) is 1.32. The van der Waals surface area contributed by atoms with Gasteiger partial charge < -0.3 is 5.73 Å².